The Hall–Kier alpha value is -0.850. The van der Waals surface area contributed by atoms with E-state index in [0.717, 1.165) is 12.8 Å². The predicted molar refractivity (Wildman–Crippen MR) is 51.0 cm³/mol. The predicted octanol–water partition coefficient (Wildman–Crippen LogP) is 3.02. The molecule has 0 amide bonds. The zero-order valence-electron chi connectivity index (χ0n) is 7.73. The second-order valence-corrected chi connectivity index (χ2v) is 3.49. The van der Waals surface area contributed by atoms with Crippen LogP contribution in [0.1, 0.15) is 39.0 Å². The van der Waals surface area contributed by atoms with Crippen LogP contribution in [0.2, 0.25) is 0 Å². The van der Waals surface area contributed by atoms with Gasteiger partial charge in [0.1, 0.15) is 0 Å². The Balaban J connectivity index is 2.44. The van der Waals surface area contributed by atoms with Crippen LogP contribution in [0.5, 0.6) is 0 Å². The van der Waals surface area contributed by atoms with E-state index < -0.39 is 0 Å². The molecule has 0 bridgehead atoms. The molecule has 0 spiro atoms. The van der Waals surface area contributed by atoms with Crippen LogP contribution in [0.4, 0.5) is 0 Å². The molecule has 0 heterocycles. The number of allylic oxidation sites excluding steroid dienone is 3. The smallest absolute Gasteiger partial charge is 0.162 e. The summed E-state index contributed by atoms with van der Waals surface area (Å²) in [5, 5.41) is 0. The van der Waals surface area contributed by atoms with E-state index in [0.29, 0.717) is 12.0 Å². The number of Topliss-reactive ketones (excluding diaryl/α,β-unsaturated/α-hetero) is 1. The monoisotopic (exact) mass is 164 g/mol. The van der Waals surface area contributed by atoms with Crippen molar-refractivity contribution in [1.29, 1.82) is 0 Å². The summed E-state index contributed by atoms with van der Waals surface area (Å²) in [6.07, 6.45) is 7.61. The maximum atomic E-state index is 11.3. The van der Waals surface area contributed by atoms with Gasteiger partial charge in [0.05, 0.1) is 0 Å². The number of carbonyl (C=O) groups is 1. The highest BCUT2D eigenvalue weighted by molar-refractivity contribution is 5.95. The molecule has 0 saturated heterocycles. The first-order valence-corrected chi connectivity index (χ1v) is 4.57. The molecule has 1 aliphatic rings. The fourth-order valence-electron chi connectivity index (χ4n) is 1.42. The van der Waals surface area contributed by atoms with Crippen molar-refractivity contribution in [2.24, 2.45) is 0 Å². The first-order valence-electron chi connectivity index (χ1n) is 4.57. The highest BCUT2D eigenvalue weighted by Crippen LogP contribution is 2.20. The van der Waals surface area contributed by atoms with Crippen molar-refractivity contribution in [2.75, 3.05) is 0 Å². The van der Waals surface area contributed by atoms with E-state index >= 15 is 0 Å². The molecule has 0 aromatic rings. The largest absolute Gasteiger partial charge is 0.294 e. The molecular formula is C11H16O. The average molecular weight is 164 g/mol. The number of carbonyl (C=O) groups excluding carboxylic acids is 1. The van der Waals surface area contributed by atoms with Crippen LogP contribution in [0, 0.1) is 0 Å². The van der Waals surface area contributed by atoms with Crippen molar-refractivity contribution in [1.82, 2.24) is 0 Å². The van der Waals surface area contributed by atoms with Crippen molar-refractivity contribution in [2.45, 2.75) is 39.0 Å². The van der Waals surface area contributed by atoms with Gasteiger partial charge in [0.25, 0.3) is 0 Å². The fourth-order valence-corrected chi connectivity index (χ4v) is 1.42. The normalized spacial score (nSPS) is 16.9. The van der Waals surface area contributed by atoms with Crippen LogP contribution in [0.3, 0.4) is 0 Å². The quantitative estimate of drug-likeness (QED) is 0.463. The molecule has 0 aromatic carbocycles. The van der Waals surface area contributed by atoms with Crippen LogP contribution >= 0.6 is 0 Å². The van der Waals surface area contributed by atoms with Crippen molar-refractivity contribution in [3.8, 4) is 0 Å². The van der Waals surface area contributed by atoms with Crippen molar-refractivity contribution in [3.05, 3.63) is 23.8 Å². The van der Waals surface area contributed by atoms with Gasteiger partial charge < -0.3 is 0 Å². The van der Waals surface area contributed by atoms with E-state index in [-0.39, 0.29) is 5.78 Å². The fraction of sp³-hybridized carbons (Fsp3) is 0.545. The standard InChI is InChI=1S/C11H16O/c1-9(2)11(12)8-10-6-4-3-5-7-10/h6H,1,3-5,7-8H2,2H3. The van der Waals surface area contributed by atoms with E-state index in [1.54, 1.807) is 6.92 Å². The number of ketones is 1. The first-order chi connectivity index (χ1) is 5.70. The zero-order valence-corrected chi connectivity index (χ0v) is 7.73. The van der Waals surface area contributed by atoms with Gasteiger partial charge in [-0.05, 0) is 38.2 Å². The third-order valence-corrected chi connectivity index (χ3v) is 2.25. The molecule has 0 radical (unpaired) electrons. The molecule has 0 atom stereocenters. The molecule has 1 nitrogen and oxygen atoms in total. The Morgan fingerprint density at radius 3 is 2.83 bits per heavy atom. The molecule has 66 valence electrons. The summed E-state index contributed by atoms with van der Waals surface area (Å²) in [7, 11) is 0. The molecular weight excluding hydrogens is 148 g/mol. The minimum atomic E-state index is 0.197. The summed E-state index contributed by atoms with van der Waals surface area (Å²) >= 11 is 0. The van der Waals surface area contributed by atoms with Gasteiger partial charge in [-0.25, -0.2) is 0 Å². The lowest BCUT2D eigenvalue weighted by molar-refractivity contribution is -0.114. The van der Waals surface area contributed by atoms with Crippen LogP contribution in [-0.2, 0) is 4.79 Å². The number of hydrogen-bond acceptors (Lipinski definition) is 1. The van der Waals surface area contributed by atoms with E-state index in [9.17, 15) is 4.79 Å². The van der Waals surface area contributed by atoms with Crippen LogP contribution < -0.4 is 0 Å². The Labute approximate surface area is 74.2 Å². The molecule has 1 rings (SSSR count). The average Bonchev–Trinajstić information content (AvgIpc) is 2.06. The molecule has 0 aliphatic heterocycles. The molecule has 12 heavy (non-hydrogen) atoms. The maximum absolute atomic E-state index is 11.3. The second kappa shape index (κ2) is 4.24. The number of hydrogen-bond donors (Lipinski definition) is 0. The molecule has 1 heteroatoms. The highest BCUT2D eigenvalue weighted by Gasteiger charge is 2.08. The molecule has 0 N–H and O–H groups in total. The first kappa shape index (κ1) is 9.24. The summed E-state index contributed by atoms with van der Waals surface area (Å²) < 4.78 is 0. The Kier molecular flexibility index (Phi) is 3.27. The van der Waals surface area contributed by atoms with Gasteiger partial charge in [0, 0.05) is 6.42 Å². The van der Waals surface area contributed by atoms with Gasteiger partial charge in [-0.3, -0.25) is 4.79 Å². The van der Waals surface area contributed by atoms with Crippen LogP contribution in [0.25, 0.3) is 0 Å². The maximum Gasteiger partial charge on any atom is 0.162 e. The second-order valence-electron chi connectivity index (χ2n) is 3.49. The summed E-state index contributed by atoms with van der Waals surface area (Å²) in [5.41, 5.74) is 2.00. The topological polar surface area (TPSA) is 17.1 Å². The molecule has 0 fully saturated rings. The van der Waals surface area contributed by atoms with Crippen molar-refractivity contribution >= 4 is 5.78 Å². The van der Waals surface area contributed by atoms with Gasteiger partial charge in [-0.15, -0.1) is 0 Å². The minimum absolute atomic E-state index is 0.197. The highest BCUT2D eigenvalue weighted by atomic mass is 16.1. The lowest BCUT2D eigenvalue weighted by Crippen LogP contribution is -2.02. The summed E-state index contributed by atoms with van der Waals surface area (Å²) in [6, 6.07) is 0. The van der Waals surface area contributed by atoms with E-state index in [2.05, 4.69) is 12.7 Å². The Morgan fingerprint density at radius 2 is 2.33 bits per heavy atom. The van der Waals surface area contributed by atoms with Crippen molar-refractivity contribution in [3.63, 3.8) is 0 Å². The van der Waals surface area contributed by atoms with Crippen LogP contribution in [0.15, 0.2) is 23.8 Å². The van der Waals surface area contributed by atoms with Gasteiger partial charge in [-0.2, -0.15) is 0 Å². The van der Waals surface area contributed by atoms with Gasteiger partial charge in [0.2, 0.25) is 0 Å². The zero-order chi connectivity index (χ0) is 8.97. The number of rotatable bonds is 3. The van der Waals surface area contributed by atoms with Gasteiger partial charge >= 0.3 is 0 Å². The lowest BCUT2D eigenvalue weighted by Gasteiger charge is -2.11. The third-order valence-electron chi connectivity index (χ3n) is 2.25. The Morgan fingerprint density at radius 1 is 1.58 bits per heavy atom. The van der Waals surface area contributed by atoms with E-state index in [4.69, 9.17) is 0 Å². The van der Waals surface area contributed by atoms with Crippen molar-refractivity contribution < 1.29 is 4.79 Å². The Bertz CT molecular complexity index is 223. The SMILES string of the molecule is C=C(C)C(=O)CC1=CCCCC1. The van der Waals surface area contributed by atoms with Gasteiger partial charge in [-0.1, -0.05) is 18.2 Å². The van der Waals surface area contributed by atoms with E-state index in [1.165, 1.54) is 18.4 Å². The minimum Gasteiger partial charge on any atom is -0.294 e. The summed E-state index contributed by atoms with van der Waals surface area (Å²) in [6.45, 7) is 5.43. The lowest BCUT2D eigenvalue weighted by atomic mass is 9.94. The van der Waals surface area contributed by atoms with E-state index in [1.807, 2.05) is 0 Å². The molecule has 1 aliphatic carbocycles. The third kappa shape index (κ3) is 2.65. The summed E-state index contributed by atoms with van der Waals surface area (Å²) in [5.74, 6) is 0.197. The molecule has 0 unspecified atom stereocenters. The molecule has 0 saturated carbocycles. The molecule has 0 aromatic heterocycles. The van der Waals surface area contributed by atoms with Gasteiger partial charge in [0.15, 0.2) is 5.78 Å². The van der Waals surface area contributed by atoms with Crippen LogP contribution in [-0.4, -0.2) is 5.78 Å². The summed E-state index contributed by atoms with van der Waals surface area (Å²) in [4.78, 5) is 11.3.